The number of hydrogen-bond acceptors (Lipinski definition) is 4. The van der Waals surface area contributed by atoms with Crippen molar-refractivity contribution in [2.45, 2.75) is 40.0 Å². The van der Waals surface area contributed by atoms with Crippen LogP contribution in [-0.2, 0) is 0 Å². The molecule has 2 rings (SSSR count). The van der Waals surface area contributed by atoms with E-state index < -0.39 is 0 Å². The fourth-order valence-corrected chi connectivity index (χ4v) is 2.67. The van der Waals surface area contributed by atoms with Crippen LogP contribution in [0.15, 0.2) is 17.5 Å². The highest BCUT2D eigenvalue weighted by Gasteiger charge is 2.12. The number of aromatic nitrogens is 2. The van der Waals surface area contributed by atoms with Gasteiger partial charge in [-0.2, -0.15) is 0 Å². The van der Waals surface area contributed by atoms with Crippen LogP contribution in [0.25, 0.3) is 10.7 Å². The zero-order valence-corrected chi connectivity index (χ0v) is 12.8. The molecule has 102 valence electrons. The summed E-state index contributed by atoms with van der Waals surface area (Å²) in [5.74, 6) is 2.19. The van der Waals surface area contributed by atoms with Gasteiger partial charge >= 0.3 is 0 Å². The van der Waals surface area contributed by atoms with Crippen molar-refractivity contribution < 1.29 is 0 Å². The lowest BCUT2D eigenvalue weighted by atomic mass is 10.1. The summed E-state index contributed by atoms with van der Waals surface area (Å²) in [5.41, 5.74) is 2.34. The average molecular weight is 275 g/mol. The van der Waals surface area contributed by atoms with Crippen LogP contribution in [0.5, 0.6) is 0 Å². The fraction of sp³-hybridized carbons (Fsp3) is 0.467. The van der Waals surface area contributed by atoms with E-state index in [4.69, 9.17) is 4.98 Å². The zero-order valence-electron chi connectivity index (χ0n) is 12.0. The van der Waals surface area contributed by atoms with Gasteiger partial charge in [0.15, 0.2) is 5.82 Å². The van der Waals surface area contributed by atoms with E-state index in [1.807, 2.05) is 0 Å². The summed E-state index contributed by atoms with van der Waals surface area (Å²) in [6, 6.07) is 4.18. The topological polar surface area (TPSA) is 37.8 Å². The predicted molar refractivity (Wildman–Crippen MR) is 83.0 cm³/mol. The first kappa shape index (κ1) is 14.0. The highest BCUT2D eigenvalue weighted by molar-refractivity contribution is 7.13. The molecule has 0 saturated carbocycles. The third kappa shape index (κ3) is 3.32. The molecule has 0 aliphatic carbocycles. The quantitative estimate of drug-likeness (QED) is 0.875. The van der Waals surface area contributed by atoms with Gasteiger partial charge in [0, 0.05) is 18.3 Å². The van der Waals surface area contributed by atoms with Gasteiger partial charge in [0.1, 0.15) is 5.82 Å². The van der Waals surface area contributed by atoms with Gasteiger partial charge < -0.3 is 5.32 Å². The van der Waals surface area contributed by atoms with Crippen LogP contribution >= 0.6 is 11.3 Å². The summed E-state index contributed by atoms with van der Waals surface area (Å²) in [6.45, 7) is 9.53. The van der Waals surface area contributed by atoms with E-state index in [2.05, 4.69) is 55.5 Å². The number of nitrogens with zero attached hydrogens (tertiary/aromatic N) is 2. The molecule has 1 N–H and O–H groups in total. The summed E-state index contributed by atoms with van der Waals surface area (Å²) in [5, 5.41) is 5.46. The van der Waals surface area contributed by atoms with Crippen LogP contribution in [0.4, 0.5) is 5.82 Å². The van der Waals surface area contributed by atoms with Crippen molar-refractivity contribution in [1.82, 2.24) is 9.97 Å². The van der Waals surface area contributed by atoms with Crippen molar-refractivity contribution in [3.05, 3.63) is 28.8 Å². The number of hydrogen-bond donors (Lipinski definition) is 1. The SMILES string of the molecule is CCCNc1cc(C(C)C)nc(-c2sccc2C)n1. The molecule has 0 unspecified atom stereocenters. The van der Waals surface area contributed by atoms with Crippen LogP contribution in [-0.4, -0.2) is 16.5 Å². The first-order valence-electron chi connectivity index (χ1n) is 6.79. The standard InChI is InChI=1S/C15H21N3S/c1-5-7-16-13-9-12(10(2)3)17-15(18-13)14-11(4)6-8-19-14/h6,8-10H,5,7H2,1-4H3,(H,16,17,18). The summed E-state index contributed by atoms with van der Waals surface area (Å²) in [4.78, 5) is 10.5. The lowest BCUT2D eigenvalue weighted by Crippen LogP contribution is -2.06. The average Bonchev–Trinajstić information content (AvgIpc) is 2.82. The first-order chi connectivity index (χ1) is 9.11. The van der Waals surface area contributed by atoms with Gasteiger partial charge in [0.2, 0.25) is 0 Å². The minimum absolute atomic E-state index is 0.407. The van der Waals surface area contributed by atoms with Crippen molar-refractivity contribution in [2.75, 3.05) is 11.9 Å². The van der Waals surface area contributed by atoms with Gasteiger partial charge in [-0.15, -0.1) is 11.3 Å². The second-order valence-electron chi connectivity index (χ2n) is 5.02. The van der Waals surface area contributed by atoms with Crippen molar-refractivity contribution in [3.63, 3.8) is 0 Å². The minimum atomic E-state index is 0.407. The van der Waals surface area contributed by atoms with E-state index >= 15 is 0 Å². The monoisotopic (exact) mass is 275 g/mol. The first-order valence-corrected chi connectivity index (χ1v) is 7.67. The van der Waals surface area contributed by atoms with Crippen LogP contribution in [0.1, 0.15) is 44.4 Å². The molecule has 0 spiro atoms. The Bertz CT molecular complexity index is 546. The van der Waals surface area contributed by atoms with E-state index in [0.29, 0.717) is 5.92 Å². The molecule has 2 aromatic heterocycles. The second-order valence-corrected chi connectivity index (χ2v) is 5.93. The van der Waals surface area contributed by atoms with Crippen LogP contribution < -0.4 is 5.32 Å². The number of aryl methyl sites for hydroxylation is 1. The van der Waals surface area contributed by atoms with Crippen molar-refractivity contribution >= 4 is 17.2 Å². The Kier molecular flexibility index (Phi) is 4.53. The third-order valence-corrected chi connectivity index (χ3v) is 3.97. The summed E-state index contributed by atoms with van der Waals surface area (Å²) < 4.78 is 0. The summed E-state index contributed by atoms with van der Waals surface area (Å²) in [7, 11) is 0. The summed E-state index contributed by atoms with van der Waals surface area (Å²) in [6.07, 6.45) is 1.09. The molecule has 0 aromatic carbocycles. The van der Waals surface area contributed by atoms with Crippen LogP contribution in [0.2, 0.25) is 0 Å². The van der Waals surface area contributed by atoms with Crippen molar-refractivity contribution in [3.8, 4) is 10.7 Å². The van der Waals surface area contributed by atoms with Gasteiger partial charge in [-0.25, -0.2) is 9.97 Å². The number of nitrogens with one attached hydrogen (secondary N) is 1. The summed E-state index contributed by atoms with van der Waals surface area (Å²) >= 11 is 1.70. The fourth-order valence-electron chi connectivity index (χ4n) is 1.81. The normalized spacial score (nSPS) is 11.0. The maximum Gasteiger partial charge on any atom is 0.172 e. The Morgan fingerprint density at radius 2 is 2.11 bits per heavy atom. The molecule has 0 fully saturated rings. The number of rotatable bonds is 5. The van der Waals surface area contributed by atoms with Gasteiger partial charge in [0.05, 0.1) is 4.88 Å². The lowest BCUT2D eigenvalue weighted by molar-refractivity contribution is 0.816. The molecule has 0 saturated heterocycles. The van der Waals surface area contributed by atoms with Gasteiger partial charge in [-0.1, -0.05) is 20.8 Å². The second kappa shape index (κ2) is 6.15. The van der Waals surface area contributed by atoms with E-state index in [0.717, 1.165) is 30.3 Å². The molecule has 0 bridgehead atoms. The van der Waals surface area contributed by atoms with Crippen LogP contribution in [0, 0.1) is 6.92 Å². The predicted octanol–water partition coefficient (Wildman–Crippen LogP) is 4.46. The lowest BCUT2D eigenvalue weighted by Gasteiger charge is -2.11. The molecule has 2 aromatic rings. The molecular formula is C15H21N3S. The van der Waals surface area contributed by atoms with Crippen molar-refractivity contribution in [2.24, 2.45) is 0 Å². The zero-order chi connectivity index (χ0) is 13.8. The highest BCUT2D eigenvalue weighted by Crippen LogP contribution is 2.28. The largest absolute Gasteiger partial charge is 0.370 e. The maximum atomic E-state index is 4.70. The Morgan fingerprint density at radius 3 is 2.68 bits per heavy atom. The molecule has 0 aliphatic rings. The Balaban J connectivity index is 2.42. The molecule has 0 atom stereocenters. The Morgan fingerprint density at radius 1 is 1.32 bits per heavy atom. The number of anilines is 1. The van der Waals surface area contributed by atoms with Crippen molar-refractivity contribution in [1.29, 1.82) is 0 Å². The van der Waals surface area contributed by atoms with E-state index in [-0.39, 0.29) is 0 Å². The number of thiophene rings is 1. The maximum absolute atomic E-state index is 4.70. The molecule has 0 aliphatic heterocycles. The molecule has 19 heavy (non-hydrogen) atoms. The highest BCUT2D eigenvalue weighted by atomic mass is 32.1. The Hall–Kier alpha value is -1.42. The third-order valence-electron chi connectivity index (χ3n) is 2.96. The molecule has 4 heteroatoms. The van der Waals surface area contributed by atoms with E-state index in [1.165, 1.54) is 10.4 Å². The van der Waals surface area contributed by atoms with Crippen LogP contribution in [0.3, 0.4) is 0 Å². The van der Waals surface area contributed by atoms with Gasteiger partial charge in [-0.3, -0.25) is 0 Å². The van der Waals surface area contributed by atoms with E-state index in [1.54, 1.807) is 11.3 Å². The smallest absolute Gasteiger partial charge is 0.172 e. The molecule has 0 amide bonds. The molecule has 3 nitrogen and oxygen atoms in total. The van der Waals surface area contributed by atoms with Gasteiger partial charge in [-0.05, 0) is 36.3 Å². The van der Waals surface area contributed by atoms with Gasteiger partial charge in [0.25, 0.3) is 0 Å². The minimum Gasteiger partial charge on any atom is -0.370 e. The molecule has 2 heterocycles. The Labute approximate surface area is 119 Å². The van der Waals surface area contributed by atoms with E-state index in [9.17, 15) is 0 Å². The molecular weight excluding hydrogens is 254 g/mol. The molecule has 0 radical (unpaired) electrons.